The highest BCUT2D eigenvalue weighted by atomic mass is 16.4. The van der Waals surface area contributed by atoms with Gasteiger partial charge in [-0.2, -0.15) is 0 Å². The molecule has 0 aliphatic carbocycles. The third-order valence-electron chi connectivity index (χ3n) is 6.70. The fraction of sp³-hybridized carbons (Fsp3) is 0.125. The minimum Gasteiger partial charge on any atom is -0.478 e. The Kier molecular flexibility index (Phi) is 6.86. The van der Waals surface area contributed by atoms with Crippen LogP contribution in [0.15, 0.2) is 109 Å². The van der Waals surface area contributed by atoms with Gasteiger partial charge in [-0.05, 0) is 65.1 Å². The van der Waals surface area contributed by atoms with Crippen molar-refractivity contribution in [3.63, 3.8) is 0 Å². The first kappa shape index (κ1) is 24.1. The van der Waals surface area contributed by atoms with Crippen molar-refractivity contribution in [2.75, 3.05) is 0 Å². The maximum atomic E-state index is 13.0. The minimum absolute atomic E-state index is 0.0347. The summed E-state index contributed by atoms with van der Waals surface area (Å²) in [4.78, 5) is 24.7. The largest absolute Gasteiger partial charge is 0.478 e. The summed E-state index contributed by atoms with van der Waals surface area (Å²) in [6.07, 6.45) is 2.83. The van der Waals surface area contributed by atoms with Crippen molar-refractivity contribution < 1.29 is 14.7 Å². The van der Waals surface area contributed by atoms with Crippen LogP contribution in [-0.4, -0.2) is 21.6 Å². The van der Waals surface area contributed by atoms with Crippen LogP contribution < -0.4 is 5.32 Å². The quantitative estimate of drug-likeness (QED) is 0.249. The van der Waals surface area contributed by atoms with E-state index in [2.05, 4.69) is 16.8 Å². The Balaban J connectivity index is 1.36. The molecule has 1 aromatic heterocycles. The number of aromatic nitrogens is 1. The van der Waals surface area contributed by atoms with Crippen LogP contribution in [0.4, 0.5) is 0 Å². The van der Waals surface area contributed by atoms with Gasteiger partial charge in [0, 0.05) is 29.2 Å². The topological polar surface area (TPSA) is 71.3 Å². The Morgan fingerprint density at radius 2 is 1.65 bits per heavy atom. The van der Waals surface area contributed by atoms with E-state index in [1.54, 1.807) is 12.1 Å². The van der Waals surface area contributed by atoms with E-state index >= 15 is 0 Å². The van der Waals surface area contributed by atoms with E-state index in [4.69, 9.17) is 0 Å². The van der Waals surface area contributed by atoms with Crippen molar-refractivity contribution in [1.82, 2.24) is 9.88 Å². The molecule has 0 saturated carbocycles. The van der Waals surface area contributed by atoms with Crippen LogP contribution in [0.3, 0.4) is 0 Å². The van der Waals surface area contributed by atoms with Crippen molar-refractivity contribution in [3.8, 4) is 11.1 Å². The second-order valence-electron chi connectivity index (χ2n) is 9.11. The third-order valence-corrected chi connectivity index (χ3v) is 6.70. The average molecular weight is 489 g/mol. The summed E-state index contributed by atoms with van der Waals surface area (Å²) in [5, 5.41) is 13.7. The molecule has 0 aliphatic heterocycles. The number of carbonyl (C=O) groups is 2. The summed E-state index contributed by atoms with van der Waals surface area (Å²) >= 11 is 0. The fourth-order valence-corrected chi connectivity index (χ4v) is 4.78. The van der Waals surface area contributed by atoms with Gasteiger partial charge in [0.15, 0.2) is 0 Å². The molecule has 1 heterocycles. The van der Waals surface area contributed by atoms with Gasteiger partial charge < -0.3 is 15.0 Å². The monoisotopic (exact) mass is 488 g/mol. The van der Waals surface area contributed by atoms with Gasteiger partial charge in [-0.3, -0.25) is 4.79 Å². The number of rotatable bonds is 8. The zero-order chi connectivity index (χ0) is 25.8. The van der Waals surface area contributed by atoms with Crippen LogP contribution in [0, 0.1) is 0 Å². The average Bonchev–Trinajstić information content (AvgIpc) is 3.34. The molecular weight excluding hydrogens is 460 g/mol. The Morgan fingerprint density at radius 3 is 2.43 bits per heavy atom. The van der Waals surface area contributed by atoms with Gasteiger partial charge in [0.2, 0.25) is 0 Å². The number of carboxylic acid groups (broad SMARTS) is 1. The second kappa shape index (κ2) is 10.5. The molecule has 184 valence electrons. The lowest BCUT2D eigenvalue weighted by atomic mass is 9.98. The van der Waals surface area contributed by atoms with Crippen molar-refractivity contribution in [2.45, 2.75) is 25.9 Å². The highest BCUT2D eigenvalue weighted by molar-refractivity contribution is 5.98. The van der Waals surface area contributed by atoms with Crippen molar-refractivity contribution in [1.29, 1.82) is 0 Å². The number of aromatic carboxylic acids is 1. The molecule has 5 rings (SSSR count). The molecule has 0 aliphatic rings. The lowest BCUT2D eigenvalue weighted by Crippen LogP contribution is -2.28. The van der Waals surface area contributed by atoms with Crippen LogP contribution in [0.2, 0.25) is 0 Å². The molecule has 0 saturated heterocycles. The van der Waals surface area contributed by atoms with Crippen molar-refractivity contribution >= 4 is 22.8 Å². The molecule has 1 atom stereocenters. The number of amides is 1. The highest BCUT2D eigenvalue weighted by Crippen LogP contribution is 2.26. The van der Waals surface area contributed by atoms with E-state index < -0.39 is 5.97 Å². The number of carboxylic acids is 1. The molecule has 5 nitrogen and oxygen atoms in total. The van der Waals surface area contributed by atoms with Crippen molar-refractivity contribution in [3.05, 3.63) is 132 Å². The van der Waals surface area contributed by atoms with Gasteiger partial charge in [0.1, 0.15) is 0 Å². The number of nitrogens with zero attached hydrogens (tertiary/aromatic N) is 1. The Bertz CT molecular complexity index is 1570. The minimum atomic E-state index is -0.939. The lowest BCUT2D eigenvalue weighted by molar-refractivity contribution is 0.0697. The fourth-order valence-electron chi connectivity index (χ4n) is 4.78. The maximum absolute atomic E-state index is 13.0. The standard InChI is InChI=1S/C32H28N2O3/c1-2-29(23-10-4-3-5-11-23)33-31(35)26-15-16-30-25(20-26)17-18-34(30)21-22-9-8-12-24(19-22)27-13-6-7-14-28(27)32(36)37/h3-20,29H,2,21H2,1H3,(H,33,35)(H,36,37). The molecular formula is C32H28N2O3. The summed E-state index contributed by atoms with van der Waals surface area (Å²) in [5.41, 5.74) is 5.68. The van der Waals surface area contributed by atoms with Crippen LogP contribution in [0.5, 0.6) is 0 Å². The van der Waals surface area contributed by atoms with E-state index in [0.717, 1.165) is 34.0 Å². The third kappa shape index (κ3) is 5.16. The number of hydrogen-bond acceptors (Lipinski definition) is 2. The Morgan fingerprint density at radius 1 is 0.865 bits per heavy atom. The lowest BCUT2D eigenvalue weighted by Gasteiger charge is -2.17. The first-order chi connectivity index (χ1) is 18.0. The van der Waals surface area contributed by atoms with Gasteiger partial charge in [0.25, 0.3) is 5.91 Å². The molecule has 1 unspecified atom stereocenters. The zero-order valence-corrected chi connectivity index (χ0v) is 20.6. The SMILES string of the molecule is CCC(NC(=O)c1ccc2c(ccn2Cc2cccc(-c3ccccc3C(=O)O)c2)c1)c1ccccc1. The summed E-state index contributed by atoms with van der Waals surface area (Å²) < 4.78 is 2.14. The summed E-state index contributed by atoms with van der Waals surface area (Å²) in [5.74, 6) is -1.03. The summed E-state index contributed by atoms with van der Waals surface area (Å²) in [6.45, 7) is 2.69. The van der Waals surface area contributed by atoms with Crippen LogP contribution in [-0.2, 0) is 6.54 Å². The number of benzene rings is 4. The molecule has 1 amide bonds. The normalized spacial score (nSPS) is 11.8. The van der Waals surface area contributed by atoms with Gasteiger partial charge in [-0.25, -0.2) is 4.79 Å². The predicted molar refractivity (Wildman–Crippen MR) is 147 cm³/mol. The van der Waals surface area contributed by atoms with Gasteiger partial charge in [-0.15, -0.1) is 0 Å². The van der Waals surface area contributed by atoms with Gasteiger partial charge in [-0.1, -0.05) is 73.7 Å². The van der Waals surface area contributed by atoms with E-state index in [-0.39, 0.29) is 17.5 Å². The van der Waals surface area contributed by atoms with Crippen LogP contribution in [0.25, 0.3) is 22.0 Å². The summed E-state index contributed by atoms with van der Waals surface area (Å²) in [6, 6.07) is 32.8. The molecule has 5 aromatic rings. The maximum Gasteiger partial charge on any atom is 0.336 e. The van der Waals surface area contributed by atoms with E-state index in [9.17, 15) is 14.7 Å². The van der Waals surface area contributed by atoms with Gasteiger partial charge >= 0.3 is 5.97 Å². The van der Waals surface area contributed by atoms with Crippen LogP contribution >= 0.6 is 0 Å². The van der Waals surface area contributed by atoms with Gasteiger partial charge in [0.05, 0.1) is 11.6 Å². The highest BCUT2D eigenvalue weighted by Gasteiger charge is 2.15. The first-order valence-electron chi connectivity index (χ1n) is 12.4. The zero-order valence-electron chi connectivity index (χ0n) is 20.6. The first-order valence-corrected chi connectivity index (χ1v) is 12.4. The number of hydrogen-bond donors (Lipinski definition) is 2. The number of nitrogens with one attached hydrogen (secondary N) is 1. The smallest absolute Gasteiger partial charge is 0.336 e. The predicted octanol–water partition coefficient (Wildman–Crippen LogP) is 6.94. The van der Waals surface area contributed by atoms with Crippen LogP contribution in [0.1, 0.15) is 51.2 Å². The molecule has 0 fully saturated rings. The molecule has 4 aromatic carbocycles. The molecule has 0 radical (unpaired) electrons. The summed E-state index contributed by atoms with van der Waals surface area (Å²) in [7, 11) is 0. The molecule has 5 heteroatoms. The Hall–Kier alpha value is -4.64. The van der Waals surface area contributed by atoms with E-state index in [1.807, 2.05) is 97.2 Å². The number of carbonyl (C=O) groups excluding carboxylic acids is 1. The number of fused-ring (bicyclic) bond motifs is 1. The molecule has 2 N–H and O–H groups in total. The Labute approximate surface area is 216 Å². The second-order valence-corrected chi connectivity index (χ2v) is 9.11. The molecule has 37 heavy (non-hydrogen) atoms. The molecule has 0 bridgehead atoms. The van der Waals surface area contributed by atoms with E-state index in [0.29, 0.717) is 17.7 Å². The molecule has 0 spiro atoms. The van der Waals surface area contributed by atoms with E-state index in [1.165, 1.54) is 0 Å². The van der Waals surface area contributed by atoms with Crippen molar-refractivity contribution in [2.24, 2.45) is 0 Å².